The van der Waals surface area contributed by atoms with E-state index in [-0.39, 0.29) is 43.6 Å². The minimum atomic E-state index is -1.82. The van der Waals surface area contributed by atoms with Crippen LogP contribution in [-0.2, 0) is 39.9 Å². The van der Waals surface area contributed by atoms with Crippen LogP contribution >= 0.6 is 0 Å². The second kappa shape index (κ2) is 22.2. The molecule has 0 bridgehead atoms. The first-order valence-corrected chi connectivity index (χ1v) is 21.6. The van der Waals surface area contributed by atoms with Crippen LogP contribution in [0.1, 0.15) is 36.8 Å². The molecule has 67 heavy (non-hydrogen) atoms. The lowest BCUT2D eigenvalue weighted by Crippen LogP contribution is -2.66. The van der Waals surface area contributed by atoms with E-state index in [1.165, 1.54) is 29.2 Å². The molecule has 0 aromatic heterocycles. The van der Waals surface area contributed by atoms with Gasteiger partial charge in [0.15, 0.2) is 18.1 Å². The highest BCUT2D eigenvalue weighted by molar-refractivity contribution is 5.98. The molecule has 25 nitrogen and oxygen atoms in total. The van der Waals surface area contributed by atoms with Gasteiger partial charge in [0, 0.05) is 12.3 Å². The molecule has 4 aliphatic rings. The molecule has 2 aromatic carbocycles. The van der Waals surface area contributed by atoms with Crippen LogP contribution in [0.4, 0.5) is 0 Å². The Hall–Kier alpha value is -6.64. The molecule has 2 aromatic rings. The molecule has 17 N–H and O–H groups in total. The monoisotopic (exact) mass is 938 g/mol. The summed E-state index contributed by atoms with van der Waals surface area (Å²) >= 11 is 0. The Morgan fingerprint density at radius 2 is 1.33 bits per heavy atom. The first-order chi connectivity index (χ1) is 32.0. The molecule has 4 aliphatic heterocycles. The van der Waals surface area contributed by atoms with E-state index in [1.807, 2.05) is 0 Å². The molecule has 364 valence electrons. The van der Waals surface area contributed by atoms with E-state index in [9.17, 15) is 59.4 Å². The second-order valence-electron chi connectivity index (χ2n) is 16.8. The fraction of sp³-hybridized carbons (Fsp3) is 0.524. The SMILES string of the molecule is CC(c1ccccc1)[C@@H]1NC(=O)CNC(=O)[C@H](CO)NC(=O)[C@@H](CC2CN=C(N)N2[C@H]2O[C@H](CO)[C@@H](O)[C@H](O)[C@@H]2O)NC(=O)[C@H](CC2CN=C(N)N2)NC(=O)[C@@H](Cc2ccc(O)cc2)NC1=O. The highest BCUT2D eigenvalue weighted by Crippen LogP contribution is 2.29. The summed E-state index contributed by atoms with van der Waals surface area (Å²) < 4.78 is 5.74. The highest BCUT2D eigenvalue weighted by Gasteiger charge is 2.49. The van der Waals surface area contributed by atoms with Crippen molar-refractivity contribution in [1.82, 2.24) is 42.1 Å². The predicted molar refractivity (Wildman–Crippen MR) is 235 cm³/mol. The van der Waals surface area contributed by atoms with Crippen LogP contribution in [0, 0.1) is 0 Å². The number of aliphatic imine (C=N–C) groups is 2. The number of carbonyl (C=O) groups is 6. The number of carbonyl (C=O) groups excluding carboxylic acids is 6. The van der Waals surface area contributed by atoms with Crippen LogP contribution in [0.3, 0.4) is 0 Å². The topological polar surface area (TPSA) is 397 Å². The summed E-state index contributed by atoms with van der Waals surface area (Å²) in [5.41, 5.74) is 13.2. The quantitative estimate of drug-likeness (QED) is 0.0996. The maximum Gasteiger partial charge on any atom is 0.245 e. The van der Waals surface area contributed by atoms with E-state index in [1.54, 1.807) is 37.3 Å². The van der Waals surface area contributed by atoms with Crippen molar-refractivity contribution < 1.29 is 64.1 Å². The molecule has 0 radical (unpaired) electrons. The van der Waals surface area contributed by atoms with Crippen LogP contribution < -0.4 is 48.7 Å². The zero-order valence-electron chi connectivity index (χ0n) is 36.4. The molecule has 0 spiro atoms. The zero-order chi connectivity index (χ0) is 48.5. The number of aliphatic hydroxyl groups is 5. The number of phenolic OH excluding ortho intramolecular Hbond substituents is 1. The summed E-state index contributed by atoms with van der Waals surface area (Å²) in [6.45, 7) is -0.900. The van der Waals surface area contributed by atoms with Gasteiger partial charge >= 0.3 is 0 Å². The molecule has 13 atom stereocenters. The fourth-order valence-corrected chi connectivity index (χ4v) is 8.29. The van der Waals surface area contributed by atoms with Gasteiger partial charge in [0.25, 0.3) is 0 Å². The lowest BCUT2D eigenvalue weighted by molar-refractivity contribution is -0.258. The molecule has 25 heteroatoms. The van der Waals surface area contributed by atoms with Gasteiger partial charge in [0.05, 0.1) is 44.9 Å². The van der Waals surface area contributed by atoms with Crippen molar-refractivity contribution >= 4 is 47.4 Å². The maximum absolute atomic E-state index is 14.6. The van der Waals surface area contributed by atoms with Gasteiger partial charge in [-0.2, -0.15) is 0 Å². The van der Waals surface area contributed by atoms with Crippen LogP contribution in [0.2, 0.25) is 0 Å². The smallest absolute Gasteiger partial charge is 0.245 e. The lowest BCUT2D eigenvalue weighted by Gasteiger charge is -2.45. The number of aliphatic hydroxyl groups excluding tert-OH is 5. The number of hydrogen-bond acceptors (Lipinski definition) is 19. The molecule has 6 amide bonds. The number of aromatic hydroxyl groups is 1. The summed E-state index contributed by atoms with van der Waals surface area (Å²) in [7, 11) is 0. The van der Waals surface area contributed by atoms with Gasteiger partial charge in [-0.3, -0.25) is 38.8 Å². The highest BCUT2D eigenvalue weighted by atomic mass is 16.6. The van der Waals surface area contributed by atoms with Gasteiger partial charge in [-0.1, -0.05) is 49.4 Å². The van der Waals surface area contributed by atoms with E-state index < -0.39 is 140 Å². The number of rotatable bonds is 11. The second-order valence-corrected chi connectivity index (χ2v) is 16.8. The van der Waals surface area contributed by atoms with Gasteiger partial charge in [-0.15, -0.1) is 0 Å². The van der Waals surface area contributed by atoms with E-state index >= 15 is 0 Å². The molecule has 6 rings (SSSR count). The van der Waals surface area contributed by atoms with E-state index in [2.05, 4.69) is 47.2 Å². The number of amides is 6. The van der Waals surface area contributed by atoms with Gasteiger partial charge in [-0.05, 0) is 36.1 Å². The number of benzene rings is 2. The number of guanidine groups is 2. The Morgan fingerprint density at radius 3 is 1.96 bits per heavy atom. The standard InChI is InChI=1S/C42H58N12O13/c1-19(21-5-3-2-4-6-21)31-39(66)51-25(11-20-7-9-24(57)10-8-20)36(63)49-26(12-22-14-46-41(43)48-22)37(64)50-27(38(65)52-28(17-55)35(62)45-16-30(58)53-31)13-23-15-47-42(44)54(23)40-34(61)33(60)32(59)29(18-56)67-40/h2-10,19,22-23,25-29,31-34,40,55-57,59-61H,11-18H2,1H3,(H2,44,47)(H,45,62)(H,49,63)(H,50,64)(H,51,66)(H,52,65)(H,53,58)(H3,43,46,48)/t19?,22?,23?,25-,26+,27-,28+,29-,31+,32-,33+,34+,40+/m1/s1. The molecular weight excluding hydrogens is 881 g/mol. The zero-order valence-corrected chi connectivity index (χ0v) is 36.4. The average molecular weight is 939 g/mol. The Bertz CT molecular complexity index is 2170. The predicted octanol–water partition coefficient (Wildman–Crippen LogP) is -6.85. The summed E-state index contributed by atoms with van der Waals surface area (Å²) in [5, 5.41) is 80.5. The van der Waals surface area contributed by atoms with Crippen molar-refractivity contribution in [1.29, 1.82) is 0 Å². The molecule has 2 fully saturated rings. The number of nitrogens with one attached hydrogen (secondary N) is 7. The Kier molecular flexibility index (Phi) is 16.5. The Morgan fingerprint density at radius 1 is 0.701 bits per heavy atom. The lowest BCUT2D eigenvalue weighted by atomic mass is 9.92. The van der Waals surface area contributed by atoms with Crippen LogP contribution in [-0.4, -0.2) is 189 Å². The van der Waals surface area contributed by atoms with Crippen molar-refractivity contribution in [3.63, 3.8) is 0 Å². The summed E-state index contributed by atoms with van der Waals surface area (Å²) in [6, 6.07) is 5.25. The van der Waals surface area contributed by atoms with Crippen LogP contribution in [0.5, 0.6) is 5.75 Å². The first kappa shape index (κ1) is 49.8. The van der Waals surface area contributed by atoms with Gasteiger partial charge < -0.3 is 89.0 Å². The van der Waals surface area contributed by atoms with Crippen LogP contribution in [0.25, 0.3) is 0 Å². The van der Waals surface area contributed by atoms with Gasteiger partial charge in [-0.25, -0.2) is 0 Å². The minimum Gasteiger partial charge on any atom is -0.508 e. The molecule has 0 aliphatic carbocycles. The third kappa shape index (κ3) is 12.2. The maximum atomic E-state index is 14.6. The Labute approximate surface area is 383 Å². The Balaban J connectivity index is 1.36. The summed E-state index contributed by atoms with van der Waals surface area (Å²) in [4.78, 5) is 94.4. The van der Waals surface area contributed by atoms with Gasteiger partial charge in [0.2, 0.25) is 35.4 Å². The van der Waals surface area contributed by atoms with Crippen molar-refractivity contribution in [2.24, 2.45) is 21.5 Å². The van der Waals surface area contributed by atoms with Crippen molar-refractivity contribution in [3.05, 3.63) is 65.7 Å². The number of phenols is 1. The third-order valence-electron chi connectivity index (χ3n) is 12.1. The van der Waals surface area contributed by atoms with Crippen molar-refractivity contribution in [2.75, 3.05) is 32.8 Å². The first-order valence-electron chi connectivity index (χ1n) is 21.6. The summed E-state index contributed by atoms with van der Waals surface area (Å²) in [6.07, 6.45) is -9.02. The fourth-order valence-electron chi connectivity index (χ4n) is 8.29. The molecule has 4 heterocycles. The molecule has 0 saturated carbocycles. The van der Waals surface area contributed by atoms with E-state index in [4.69, 9.17) is 16.2 Å². The normalized spacial score (nSPS) is 31.9. The largest absolute Gasteiger partial charge is 0.508 e. The number of ether oxygens (including phenoxy) is 1. The van der Waals surface area contributed by atoms with Gasteiger partial charge in [0.1, 0.15) is 60.4 Å². The van der Waals surface area contributed by atoms with E-state index in [0.717, 1.165) is 0 Å². The van der Waals surface area contributed by atoms with Crippen molar-refractivity contribution in [3.8, 4) is 5.75 Å². The minimum absolute atomic E-state index is 0.0627. The van der Waals surface area contributed by atoms with Crippen molar-refractivity contribution in [2.45, 2.75) is 105 Å². The summed E-state index contributed by atoms with van der Waals surface area (Å²) in [5.74, 6) is -6.48. The van der Waals surface area contributed by atoms with E-state index in [0.29, 0.717) is 11.1 Å². The third-order valence-corrected chi connectivity index (χ3v) is 12.1. The molecule has 2 saturated heterocycles. The number of nitrogens with zero attached hydrogens (tertiary/aromatic N) is 3. The molecule has 3 unspecified atom stereocenters. The number of nitrogens with two attached hydrogens (primary N) is 2. The number of hydrogen-bond donors (Lipinski definition) is 15. The van der Waals surface area contributed by atoms with Crippen LogP contribution in [0.15, 0.2) is 64.6 Å². The molecular formula is C42H58N12O13. The average Bonchev–Trinajstić information content (AvgIpc) is 3.90.